The topological polar surface area (TPSA) is 43.8 Å². The van der Waals surface area contributed by atoms with Crippen molar-refractivity contribution in [3.63, 3.8) is 0 Å². The average Bonchev–Trinajstić information content (AvgIpc) is 2.46. The third-order valence-electron chi connectivity index (χ3n) is 2.25. The van der Waals surface area contributed by atoms with Crippen molar-refractivity contribution < 1.29 is 0 Å². The van der Waals surface area contributed by atoms with Gasteiger partial charge in [-0.15, -0.1) is 0 Å². The van der Waals surface area contributed by atoms with E-state index in [1.54, 1.807) is 0 Å². The lowest BCUT2D eigenvalue weighted by Gasteiger charge is -2.12. The lowest BCUT2D eigenvalue weighted by atomic mass is 10.0. The number of rotatable bonds is 3. The Morgan fingerprint density at radius 2 is 2.08 bits per heavy atom. The van der Waals surface area contributed by atoms with Crippen molar-refractivity contribution in [1.82, 2.24) is 9.78 Å². The molecule has 1 unspecified atom stereocenters. The van der Waals surface area contributed by atoms with Crippen molar-refractivity contribution in [3.05, 3.63) is 17.5 Å². The van der Waals surface area contributed by atoms with E-state index in [1.165, 1.54) is 11.3 Å². The van der Waals surface area contributed by atoms with E-state index in [2.05, 4.69) is 25.9 Å². The zero-order valence-electron chi connectivity index (χ0n) is 8.91. The number of hydrogen-bond acceptors (Lipinski definition) is 2. The summed E-state index contributed by atoms with van der Waals surface area (Å²) >= 11 is 0. The Labute approximate surface area is 79.9 Å². The molecule has 0 aromatic carbocycles. The third kappa shape index (κ3) is 1.91. The molecule has 1 atom stereocenters. The molecule has 0 aliphatic heterocycles. The molecule has 0 aliphatic rings. The molecule has 1 aromatic rings. The van der Waals surface area contributed by atoms with Gasteiger partial charge in [0.15, 0.2) is 0 Å². The van der Waals surface area contributed by atoms with Crippen LogP contribution in [0.1, 0.15) is 50.9 Å². The molecule has 0 radical (unpaired) electrons. The summed E-state index contributed by atoms with van der Waals surface area (Å²) in [5.41, 5.74) is 8.32. The van der Waals surface area contributed by atoms with Crippen LogP contribution in [0.3, 0.4) is 0 Å². The molecule has 13 heavy (non-hydrogen) atoms. The molecule has 3 nitrogen and oxygen atoms in total. The molecule has 0 saturated heterocycles. The molecule has 74 valence electrons. The Balaban J connectivity index is 3.14. The Kier molecular flexibility index (Phi) is 3.09. The van der Waals surface area contributed by atoms with Crippen LogP contribution < -0.4 is 5.73 Å². The zero-order chi connectivity index (χ0) is 10.0. The second kappa shape index (κ2) is 3.92. The second-order valence-electron chi connectivity index (χ2n) is 3.74. The van der Waals surface area contributed by atoms with Gasteiger partial charge in [-0.2, -0.15) is 5.10 Å². The van der Waals surface area contributed by atoms with Gasteiger partial charge in [-0.05, 0) is 19.8 Å². The van der Waals surface area contributed by atoms with E-state index in [0.29, 0.717) is 5.92 Å². The number of hydrogen-bond donors (Lipinski definition) is 1. The molecule has 1 rings (SSSR count). The van der Waals surface area contributed by atoms with Crippen LogP contribution in [0.25, 0.3) is 0 Å². The fourth-order valence-electron chi connectivity index (χ4n) is 1.64. The minimum absolute atomic E-state index is 0.0812. The standard InChI is InChI=1S/C10H19N3/c1-5-13-10(7(2)3)9(6-12-13)8(4)11/h6-8H,5,11H2,1-4H3. The van der Waals surface area contributed by atoms with Crippen LogP contribution in [0, 0.1) is 0 Å². The van der Waals surface area contributed by atoms with Crippen molar-refractivity contribution in [2.45, 2.75) is 46.2 Å². The summed E-state index contributed by atoms with van der Waals surface area (Å²) in [6, 6.07) is 0.0812. The zero-order valence-corrected chi connectivity index (χ0v) is 8.91. The molecule has 3 heteroatoms. The fraction of sp³-hybridized carbons (Fsp3) is 0.700. The van der Waals surface area contributed by atoms with Crippen molar-refractivity contribution in [3.8, 4) is 0 Å². The summed E-state index contributed by atoms with van der Waals surface area (Å²) in [5, 5.41) is 4.31. The number of aryl methyl sites for hydroxylation is 1. The quantitative estimate of drug-likeness (QED) is 0.775. The van der Waals surface area contributed by atoms with Gasteiger partial charge in [-0.25, -0.2) is 0 Å². The summed E-state index contributed by atoms with van der Waals surface area (Å²) in [6.07, 6.45) is 1.89. The molecule has 0 aliphatic carbocycles. The van der Waals surface area contributed by atoms with E-state index in [0.717, 1.165) is 6.54 Å². The predicted molar refractivity (Wildman–Crippen MR) is 54.6 cm³/mol. The van der Waals surface area contributed by atoms with Crippen LogP contribution in [-0.2, 0) is 6.54 Å². The SMILES string of the molecule is CCn1ncc(C(C)N)c1C(C)C. The first-order valence-corrected chi connectivity index (χ1v) is 4.89. The Morgan fingerprint density at radius 3 is 2.46 bits per heavy atom. The largest absolute Gasteiger partial charge is 0.324 e. The summed E-state index contributed by atoms with van der Waals surface area (Å²) in [7, 11) is 0. The van der Waals surface area contributed by atoms with Gasteiger partial charge in [-0.3, -0.25) is 4.68 Å². The first-order valence-electron chi connectivity index (χ1n) is 4.89. The minimum Gasteiger partial charge on any atom is -0.324 e. The monoisotopic (exact) mass is 181 g/mol. The Morgan fingerprint density at radius 1 is 1.46 bits per heavy atom. The number of nitrogens with zero attached hydrogens (tertiary/aromatic N) is 2. The summed E-state index contributed by atoms with van der Waals surface area (Å²) in [4.78, 5) is 0. The first-order chi connectivity index (χ1) is 6.07. The van der Waals surface area contributed by atoms with Crippen LogP contribution in [-0.4, -0.2) is 9.78 Å². The summed E-state index contributed by atoms with van der Waals surface area (Å²) < 4.78 is 2.03. The maximum atomic E-state index is 5.87. The minimum atomic E-state index is 0.0812. The summed E-state index contributed by atoms with van der Waals surface area (Å²) in [5.74, 6) is 0.489. The number of nitrogens with two attached hydrogens (primary N) is 1. The smallest absolute Gasteiger partial charge is 0.0540 e. The van der Waals surface area contributed by atoms with Crippen molar-refractivity contribution in [1.29, 1.82) is 0 Å². The maximum Gasteiger partial charge on any atom is 0.0540 e. The fourth-order valence-corrected chi connectivity index (χ4v) is 1.64. The highest BCUT2D eigenvalue weighted by molar-refractivity contribution is 5.23. The Hall–Kier alpha value is -0.830. The van der Waals surface area contributed by atoms with Gasteiger partial charge >= 0.3 is 0 Å². The van der Waals surface area contributed by atoms with Gasteiger partial charge in [0.05, 0.1) is 6.20 Å². The van der Waals surface area contributed by atoms with Crippen LogP contribution in [0.4, 0.5) is 0 Å². The summed E-state index contributed by atoms with van der Waals surface area (Å²) in [6.45, 7) is 9.37. The van der Waals surface area contributed by atoms with Crippen molar-refractivity contribution >= 4 is 0 Å². The van der Waals surface area contributed by atoms with E-state index in [-0.39, 0.29) is 6.04 Å². The van der Waals surface area contributed by atoms with E-state index in [9.17, 15) is 0 Å². The van der Waals surface area contributed by atoms with E-state index < -0.39 is 0 Å². The number of aromatic nitrogens is 2. The molecular weight excluding hydrogens is 162 g/mol. The van der Waals surface area contributed by atoms with Gasteiger partial charge in [0.1, 0.15) is 0 Å². The second-order valence-corrected chi connectivity index (χ2v) is 3.74. The van der Waals surface area contributed by atoms with Crippen LogP contribution in [0.2, 0.25) is 0 Å². The van der Waals surface area contributed by atoms with Gasteiger partial charge in [0.2, 0.25) is 0 Å². The van der Waals surface area contributed by atoms with Crippen molar-refractivity contribution in [2.75, 3.05) is 0 Å². The molecular formula is C10H19N3. The van der Waals surface area contributed by atoms with E-state index in [4.69, 9.17) is 5.73 Å². The molecule has 2 N–H and O–H groups in total. The third-order valence-corrected chi connectivity index (χ3v) is 2.25. The molecule has 0 fully saturated rings. The van der Waals surface area contributed by atoms with E-state index in [1.807, 2.05) is 17.8 Å². The molecule has 1 aromatic heterocycles. The lowest BCUT2D eigenvalue weighted by Crippen LogP contribution is -2.11. The van der Waals surface area contributed by atoms with Crippen molar-refractivity contribution in [2.24, 2.45) is 5.73 Å². The maximum absolute atomic E-state index is 5.87. The lowest BCUT2D eigenvalue weighted by molar-refractivity contribution is 0.591. The average molecular weight is 181 g/mol. The molecule has 0 spiro atoms. The van der Waals surface area contributed by atoms with Crippen LogP contribution in [0.15, 0.2) is 6.20 Å². The molecule has 0 saturated carbocycles. The Bertz CT molecular complexity index is 274. The molecule has 1 heterocycles. The van der Waals surface area contributed by atoms with Gasteiger partial charge in [-0.1, -0.05) is 13.8 Å². The van der Waals surface area contributed by atoms with Crippen LogP contribution in [0.5, 0.6) is 0 Å². The van der Waals surface area contributed by atoms with Gasteiger partial charge < -0.3 is 5.73 Å². The van der Waals surface area contributed by atoms with E-state index >= 15 is 0 Å². The van der Waals surface area contributed by atoms with Crippen LogP contribution >= 0.6 is 0 Å². The van der Waals surface area contributed by atoms with Gasteiger partial charge in [0, 0.05) is 23.8 Å². The highest BCUT2D eigenvalue weighted by Gasteiger charge is 2.15. The van der Waals surface area contributed by atoms with Gasteiger partial charge in [0.25, 0.3) is 0 Å². The normalized spacial score (nSPS) is 13.7. The first kappa shape index (κ1) is 10.3. The predicted octanol–water partition coefficient (Wildman–Crippen LogP) is 2.05. The molecule has 0 bridgehead atoms. The molecule has 0 amide bonds. The highest BCUT2D eigenvalue weighted by atomic mass is 15.3. The highest BCUT2D eigenvalue weighted by Crippen LogP contribution is 2.23.